The summed E-state index contributed by atoms with van der Waals surface area (Å²) in [4.78, 5) is 52.4. The van der Waals surface area contributed by atoms with E-state index in [1.54, 1.807) is 45.0 Å². The fraction of sp³-hybridized carbons (Fsp3) is 0.357. The first kappa shape index (κ1) is 28.9. The van der Waals surface area contributed by atoms with Crippen molar-refractivity contribution >= 4 is 29.5 Å². The number of ether oxygens (including phenoxy) is 1. The zero-order valence-corrected chi connectivity index (χ0v) is 22.0. The van der Waals surface area contributed by atoms with Gasteiger partial charge in [-0.2, -0.15) is 0 Å². The molecule has 2 rings (SSSR count). The van der Waals surface area contributed by atoms with E-state index in [0.29, 0.717) is 11.3 Å². The van der Waals surface area contributed by atoms with Gasteiger partial charge in [0.15, 0.2) is 0 Å². The molecule has 0 bridgehead atoms. The van der Waals surface area contributed by atoms with Crippen LogP contribution in [0.5, 0.6) is 0 Å². The number of primary amides is 1. The molecular weight excluding hydrogens is 472 g/mol. The molecule has 0 aliphatic heterocycles. The average molecular weight is 507 g/mol. The van der Waals surface area contributed by atoms with Gasteiger partial charge in [-0.3, -0.25) is 19.3 Å². The predicted molar refractivity (Wildman–Crippen MR) is 141 cm³/mol. The summed E-state index contributed by atoms with van der Waals surface area (Å²) in [6.07, 6.45) is 4.30. The summed E-state index contributed by atoms with van der Waals surface area (Å²) in [6, 6.07) is 12.1. The summed E-state index contributed by atoms with van der Waals surface area (Å²) in [7, 11) is 0. The summed E-state index contributed by atoms with van der Waals surface area (Å²) < 4.78 is 5.23. The molecule has 0 aliphatic carbocycles. The first-order chi connectivity index (χ1) is 17.2. The molecule has 2 aromatic rings. The highest BCUT2D eigenvalue weighted by molar-refractivity contribution is 6.01. The van der Waals surface area contributed by atoms with Crippen LogP contribution in [0, 0.1) is 33.2 Å². The molecule has 9 nitrogen and oxygen atoms in total. The van der Waals surface area contributed by atoms with Crippen molar-refractivity contribution in [2.75, 3.05) is 5.32 Å². The van der Waals surface area contributed by atoms with E-state index in [-0.39, 0.29) is 0 Å². The van der Waals surface area contributed by atoms with Crippen molar-refractivity contribution in [3.05, 3.63) is 64.7 Å². The minimum atomic E-state index is -1.46. The maximum atomic E-state index is 13.7. The van der Waals surface area contributed by atoms with Gasteiger partial charge in [0.2, 0.25) is 5.91 Å². The minimum Gasteiger partial charge on any atom is -0.444 e. The third kappa shape index (κ3) is 7.84. The number of amides is 4. The van der Waals surface area contributed by atoms with E-state index >= 15 is 0 Å². The van der Waals surface area contributed by atoms with Crippen LogP contribution >= 0.6 is 0 Å². The number of carbonyl (C=O) groups excluding carboxylic acids is 4. The molecular formula is C28H34N4O5. The van der Waals surface area contributed by atoms with E-state index in [1.807, 2.05) is 39.0 Å². The molecule has 0 heterocycles. The number of alkyl carbamates (subject to hydrolysis) is 1. The highest BCUT2D eigenvalue weighted by Gasteiger charge is 2.37. The van der Waals surface area contributed by atoms with Crippen LogP contribution in [0.1, 0.15) is 55.5 Å². The van der Waals surface area contributed by atoms with Crippen LogP contribution in [0.4, 0.5) is 10.5 Å². The number of nitrogens with one attached hydrogen (secondary N) is 2. The first-order valence-corrected chi connectivity index (χ1v) is 11.7. The van der Waals surface area contributed by atoms with Crippen LogP contribution in [-0.4, -0.2) is 40.4 Å². The summed E-state index contributed by atoms with van der Waals surface area (Å²) in [5.74, 6) is -2.28. The number of aryl methyl sites for hydroxylation is 2. The maximum absolute atomic E-state index is 13.7. The zero-order valence-electron chi connectivity index (χ0n) is 22.0. The van der Waals surface area contributed by atoms with Crippen LogP contribution in [0.3, 0.4) is 0 Å². The van der Waals surface area contributed by atoms with E-state index in [9.17, 15) is 19.2 Å². The predicted octanol–water partition coefficient (Wildman–Crippen LogP) is 3.48. The Bertz CT molecular complexity index is 1230. The Kier molecular flexibility index (Phi) is 9.44. The number of benzene rings is 2. The topological polar surface area (TPSA) is 131 Å². The van der Waals surface area contributed by atoms with Crippen LogP contribution in [0.15, 0.2) is 42.5 Å². The van der Waals surface area contributed by atoms with Gasteiger partial charge in [-0.25, -0.2) is 4.79 Å². The van der Waals surface area contributed by atoms with Crippen molar-refractivity contribution in [1.29, 1.82) is 0 Å². The summed E-state index contributed by atoms with van der Waals surface area (Å²) in [6.45, 7) is 10.5. The van der Waals surface area contributed by atoms with Gasteiger partial charge in [-0.1, -0.05) is 42.8 Å². The Balaban J connectivity index is 2.54. The van der Waals surface area contributed by atoms with Crippen molar-refractivity contribution in [3.63, 3.8) is 0 Å². The number of nitrogens with zero attached hydrogens (tertiary/aromatic N) is 1. The van der Waals surface area contributed by atoms with Crippen molar-refractivity contribution < 1.29 is 23.9 Å². The largest absolute Gasteiger partial charge is 0.444 e. The number of nitrogens with two attached hydrogens (primary N) is 1. The zero-order chi connectivity index (χ0) is 27.9. The average Bonchev–Trinajstić information content (AvgIpc) is 2.78. The summed E-state index contributed by atoms with van der Waals surface area (Å²) >= 11 is 0. The van der Waals surface area contributed by atoms with Gasteiger partial charge in [0.05, 0.1) is 6.42 Å². The van der Waals surface area contributed by atoms with Gasteiger partial charge in [0.25, 0.3) is 11.8 Å². The Morgan fingerprint density at radius 3 is 2.22 bits per heavy atom. The summed E-state index contributed by atoms with van der Waals surface area (Å²) in [5, 5.41) is 5.21. The highest BCUT2D eigenvalue weighted by atomic mass is 16.6. The molecule has 0 aromatic heterocycles. The van der Waals surface area contributed by atoms with Crippen LogP contribution in [-0.2, 0) is 19.1 Å². The van der Waals surface area contributed by atoms with E-state index < -0.39 is 47.9 Å². The lowest BCUT2D eigenvalue weighted by Crippen LogP contribution is -2.52. The van der Waals surface area contributed by atoms with Crippen LogP contribution < -0.4 is 16.4 Å². The number of anilines is 1. The van der Waals surface area contributed by atoms with Crippen LogP contribution in [0.2, 0.25) is 0 Å². The normalized spacial score (nSPS) is 12.5. The third-order valence-electron chi connectivity index (χ3n) is 5.62. The van der Waals surface area contributed by atoms with Crippen molar-refractivity contribution in [2.24, 2.45) is 5.73 Å². The smallest absolute Gasteiger partial charge is 0.408 e. The van der Waals surface area contributed by atoms with Crippen molar-refractivity contribution in [1.82, 2.24) is 10.2 Å². The second-order valence-corrected chi connectivity index (χ2v) is 9.70. The molecule has 4 N–H and O–H groups in total. The molecule has 0 fully saturated rings. The standard InChI is InChI=1S/C28H34N4O5/c1-8-32(26(35)22(16-23(29)33)31-27(36)37-28(5,6)7)24(20-14-11-13-17(2)19(20)4)25(34)30-21-15-10-9-12-18(21)3/h1,9-15,22,24H,16H2,2-7H3,(H2,29,33)(H,30,34)(H,31,36). The Morgan fingerprint density at radius 1 is 1.03 bits per heavy atom. The molecule has 37 heavy (non-hydrogen) atoms. The number of hydrogen-bond acceptors (Lipinski definition) is 5. The number of rotatable bonds is 8. The van der Waals surface area contributed by atoms with E-state index in [2.05, 4.69) is 16.7 Å². The molecule has 9 heteroatoms. The monoisotopic (exact) mass is 506 g/mol. The molecule has 4 amide bonds. The molecule has 0 spiro atoms. The fourth-order valence-electron chi connectivity index (χ4n) is 3.67. The van der Waals surface area contributed by atoms with Crippen molar-refractivity contribution in [2.45, 2.75) is 65.6 Å². The van der Waals surface area contributed by atoms with E-state index in [1.165, 1.54) is 0 Å². The lowest BCUT2D eigenvalue weighted by molar-refractivity contribution is -0.138. The SMILES string of the molecule is C#CN(C(=O)C(CC(N)=O)NC(=O)OC(C)(C)C)C(C(=O)Nc1ccccc1C)c1cccc(C)c1C. The van der Waals surface area contributed by atoms with Crippen molar-refractivity contribution in [3.8, 4) is 12.5 Å². The second kappa shape index (κ2) is 12.1. The van der Waals surface area contributed by atoms with Gasteiger partial charge in [-0.05, 0) is 69.9 Å². The lowest BCUT2D eigenvalue weighted by Gasteiger charge is -2.31. The third-order valence-corrected chi connectivity index (χ3v) is 5.62. The van der Waals surface area contributed by atoms with Gasteiger partial charge in [0, 0.05) is 11.7 Å². The van der Waals surface area contributed by atoms with Gasteiger partial charge >= 0.3 is 6.09 Å². The number of carbonyl (C=O) groups is 4. The molecule has 0 aliphatic rings. The Labute approximate surface area is 217 Å². The first-order valence-electron chi connectivity index (χ1n) is 11.7. The van der Waals surface area contributed by atoms with Gasteiger partial charge in [0.1, 0.15) is 17.7 Å². The van der Waals surface area contributed by atoms with Gasteiger partial charge < -0.3 is 21.1 Å². The highest BCUT2D eigenvalue weighted by Crippen LogP contribution is 2.29. The molecule has 0 radical (unpaired) electrons. The van der Waals surface area contributed by atoms with Crippen LogP contribution in [0.25, 0.3) is 0 Å². The Morgan fingerprint density at radius 2 is 1.65 bits per heavy atom. The van der Waals surface area contributed by atoms with Gasteiger partial charge in [-0.15, -0.1) is 0 Å². The fourth-order valence-corrected chi connectivity index (χ4v) is 3.67. The molecule has 0 saturated heterocycles. The van der Waals surface area contributed by atoms with E-state index in [0.717, 1.165) is 21.6 Å². The number of terminal acetylenes is 1. The maximum Gasteiger partial charge on any atom is 0.408 e. The second-order valence-electron chi connectivity index (χ2n) is 9.70. The molecule has 2 aromatic carbocycles. The number of hydrogen-bond donors (Lipinski definition) is 3. The molecule has 2 unspecified atom stereocenters. The molecule has 0 saturated carbocycles. The quantitative estimate of drug-likeness (QED) is 0.373. The molecule has 2 atom stereocenters. The minimum absolute atomic E-state index is 0.493. The lowest BCUT2D eigenvalue weighted by atomic mass is 9.95. The Hall–Kier alpha value is -4.32. The molecule has 196 valence electrons. The van der Waals surface area contributed by atoms with E-state index in [4.69, 9.17) is 16.9 Å². The number of para-hydroxylation sites is 1. The summed E-state index contributed by atoms with van der Waals surface area (Å²) in [5.41, 5.74) is 7.99.